The number of hydrogen-bond donors (Lipinski definition) is 1. The zero-order valence-electron chi connectivity index (χ0n) is 16.4. The van der Waals surface area contributed by atoms with Gasteiger partial charge in [-0.2, -0.15) is 0 Å². The summed E-state index contributed by atoms with van der Waals surface area (Å²) in [6.45, 7) is 6.15. The molecule has 0 aliphatic carbocycles. The van der Waals surface area contributed by atoms with E-state index in [2.05, 4.69) is 46.6 Å². The second-order valence-corrected chi connectivity index (χ2v) is 8.83. The van der Waals surface area contributed by atoms with Gasteiger partial charge in [-0.05, 0) is 54.7 Å². The van der Waals surface area contributed by atoms with E-state index in [1.807, 2.05) is 23.9 Å². The predicted molar refractivity (Wildman–Crippen MR) is 127 cm³/mol. The number of ether oxygens (including phenoxy) is 1. The fourth-order valence-corrected chi connectivity index (χ4v) is 5.29. The minimum Gasteiger partial charge on any atom is -0.381 e. The molecule has 0 bridgehead atoms. The van der Waals surface area contributed by atoms with Crippen LogP contribution < -0.4 is 5.32 Å². The van der Waals surface area contributed by atoms with E-state index < -0.39 is 0 Å². The van der Waals surface area contributed by atoms with Crippen LogP contribution in [0.25, 0.3) is 0 Å². The lowest BCUT2D eigenvalue weighted by Gasteiger charge is -2.41. The van der Waals surface area contributed by atoms with Gasteiger partial charge >= 0.3 is 0 Å². The fraction of sp³-hybridized carbons (Fsp3) is 0.455. The number of nitrogens with zero attached hydrogens (tertiary/aromatic N) is 1. The minimum absolute atomic E-state index is 0. The normalized spacial score (nSPS) is 19.1. The molecular weight excluding hydrogens is 447 g/mol. The predicted octanol–water partition coefficient (Wildman–Crippen LogP) is 5.71. The first-order chi connectivity index (χ1) is 13.3. The number of rotatable bonds is 5. The lowest BCUT2D eigenvalue weighted by atomic mass is 9.85. The van der Waals surface area contributed by atoms with Gasteiger partial charge in [0, 0.05) is 60.2 Å². The summed E-state index contributed by atoms with van der Waals surface area (Å²) in [7, 11) is 0. The van der Waals surface area contributed by atoms with Crippen molar-refractivity contribution in [3.8, 4) is 0 Å². The van der Waals surface area contributed by atoms with Gasteiger partial charge < -0.3 is 10.1 Å². The number of benzene rings is 2. The van der Waals surface area contributed by atoms with Crippen molar-refractivity contribution >= 4 is 48.2 Å². The van der Waals surface area contributed by atoms with E-state index in [1.54, 1.807) is 0 Å². The zero-order valence-corrected chi connectivity index (χ0v) is 19.6. The van der Waals surface area contributed by atoms with Crippen molar-refractivity contribution in [3.63, 3.8) is 0 Å². The van der Waals surface area contributed by atoms with Crippen molar-refractivity contribution in [2.24, 2.45) is 5.92 Å². The van der Waals surface area contributed by atoms with Gasteiger partial charge in [-0.1, -0.05) is 41.6 Å². The molecule has 0 radical (unpaired) electrons. The summed E-state index contributed by atoms with van der Waals surface area (Å²) in [6, 6.07) is 17.6. The van der Waals surface area contributed by atoms with Crippen molar-refractivity contribution in [3.05, 3.63) is 59.1 Å². The molecule has 160 valence electrons. The maximum Gasteiger partial charge on any atom is 0.0469 e. The summed E-state index contributed by atoms with van der Waals surface area (Å²) in [5.41, 5.74) is 1.46. The van der Waals surface area contributed by atoms with Crippen LogP contribution in [0.1, 0.15) is 24.4 Å². The van der Waals surface area contributed by atoms with E-state index in [1.165, 1.54) is 15.4 Å². The van der Waals surface area contributed by atoms with Crippen LogP contribution in [0.4, 0.5) is 0 Å². The largest absolute Gasteiger partial charge is 0.381 e. The Morgan fingerprint density at radius 3 is 2.31 bits per heavy atom. The monoisotopic (exact) mass is 474 g/mol. The summed E-state index contributed by atoms with van der Waals surface area (Å²) in [6.07, 6.45) is 2.29. The van der Waals surface area contributed by atoms with Gasteiger partial charge in [-0.25, -0.2) is 0 Å². The Labute approximate surface area is 195 Å². The molecule has 7 heteroatoms. The summed E-state index contributed by atoms with van der Waals surface area (Å²) >= 11 is 7.91. The third-order valence-corrected chi connectivity index (χ3v) is 6.89. The fourth-order valence-electron chi connectivity index (χ4n) is 4.19. The van der Waals surface area contributed by atoms with Crippen molar-refractivity contribution < 1.29 is 4.74 Å². The summed E-state index contributed by atoms with van der Waals surface area (Å²) in [4.78, 5) is 5.28. The molecular formula is C22H29Cl3N2OS. The van der Waals surface area contributed by atoms with Crippen LogP contribution in [0, 0.1) is 5.92 Å². The maximum absolute atomic E-state index is 6.07. The lowest BCUT2D eigenvalue weighted by Crippen LogP contribution is -2.47. The molecule has 1 atom stereocenters. The van der Waals surface area contributed by atoms with Crippen LogP contribution in [-0.4, -0.2) is 44.3 Å². The van der Waals surface area contributed by atoms with Crippen LogP contribution in [0.2, 0.25) is 5.02 Å². The van der Waals surface area contributed by atoms with Gasteiger partial charge in [0.05, 0.1) is 0 Å². The minimum atomic E-state index is 0. The van der Waals surface area contributed by atoms with Crippen molar-refractivity contribution in [1.82, 2.24) is 10.2 Å². The van der Waals surface area contributed by atoms with E-state index in [-0.39, 0.29) is 24.8 Å². The van der Waals surface area contributed by atoms with E-state index in [0.717, 1.165) is 57.3 Å². The standard InChI is InChI=1S/C22H27ClN2OS.2ClH/c23-18-5-7-19(8-6-18)27-21-4-2-1-3-20(21)22(17-9-15-26-16-10-17)25-13-11-24-12-14-25;;/h1-8,17,22,24H,9-16H2;2*1H/t22-;;/m0../s1. The van der Waals surface area contributed by atoms with Crippen molar-refractivity contribution in [2.45, 2.75) is 28.7 Å². The van der Waals surface area contributed by atoms with Crippen LogP contribution in [-0.2, 0) is 4.74 Å². The molecule has 4 rings (SSSR count). The van der Waals surface area contributed by atoms with Crippen LogP contribution in [0.3, 0.4) is 0 Å². The molecule has 0 saturated carbocycles. The molecule has 2 aliphatic rings. The number of halogens is 3. The number of nitrogens with one attached hydrogen (secondary N) is 1. The van der Waals surface area contributed by atoms with Gasteiger partial charge in [0.2, 0.25) is 0 Å². The molecule has 29 heavy (non-hydrogen) atoms. The molecule has 2 aromatic rings. The molecule has 2 aromatic carbocycles. The first-order valence-corrected chi connectivity index (χ1v) is 11.1. The summed E-state index contributed by atoms with van der Waals surface area (Å²) < 4.78 is 5.66. The second-order valence-electron chi connectivity index (χ2n) is 7.27. The highest BCUT2D eigenvalue weighted by molar-refractivity contribution is 7.99. The molecule has 2 fully saturated rings. The Morgan fingerprint density at radius 2 is 1.62 bits per heavy atom. The Hall–Kier alpha value is -0.460. The highest BCUT2D eigenvalue weighted by Crippen LogP contribution is 2.41. The summed E-state index contributed by atoms with van der Waals surface area (Å²) in [5.74, 6) is 0.656. The lowest BCUT2D eigenvalue weighted by molar-refractivity contribution is 0.0206. The molecule has 2 aliphatic heterocycles. The molecule has 3 nitrogen and oxygen atoms in total. The van der Waals surface area contributed by atoms with Gasteiger partial charge in [-0.15, -0.1) is 24.8 Å². The first kappa shape index (κ1) is 24.8. The van der Waals surface area contributed by atoms with Crippen LogP contribution >= 0.6 is 48.2 Å². The van der Waals surface area contributed by atoms with Gasteiger partial charge in [0.1, 0.15) is 0 Å². The average molecular weight is 476 g/mol. The molecule has 0 aromatic heterocycles. The maximum atomic E-state index is 6.07. The zero-order chi connectivity index (χ0) is 18.5. The van der Waals surface area contributed by atoms with Gasteiger partial charge in [-0.3, -0.25) is 4.90 Å². The van der Waals surface area contributed by atoms with Crippen molar-refractivity contribution in [2.75, 3.05) is 39.4 Å². The average Bonchev–Trinajstić information content (AvgIpc) is 2.73. The highest BCUT2D eigenvalue weighted by Gasteiger charge is 2.32. The highest BCUT2D eigenvalue weighted by atomic mass is 35.5. The third-order valence-electron chi connectivity index (χ3n) is 5.54. The van der Waals surface area contributed by atoms with Gasteiger partial charge in [0.25, 0.3) is 0 Å². The molecule has 1 N–H and O–H groups in total. The Balaban J connectivity index is 0.00000150. The third kappa shape index (κ3) is 6.51. The topological polar surface area (TPSA) is 24.5 Å². The number of hydrogen-bond acceptors (Lipinski definition) is 4. The number of piperazine rings is 1. The smallest absolute Gasteiger partial charge is 0.0469 e. The molecule has 0 unspecified atom stereocenters. The Morgan fingerprint density at radius 1 is 0.966 bits per heavy atom. The van der Waals surface area contributed by atoms with E-state index in [4.69, 9.17) is 16.3 Å². The van der Waals surface area contributed by atoms with E-state index in [0.29, 0.717) is 12.0 Å². The SMILES string of the molecule is Cl.Cl.Clc1ccc(Sc2ccccc2[C@H](C2CCOCC2)N2CCNCC2)cc1. The Bertz CT molecular complexity index is 717. The van der Waals surface area contributed by atoms with E-state index in [9.17, 15) is 0 Å². The van der Waals surface area contributed by atoms with E-state index >= 15 is 0 Å². The second kappa shape index (κ2) is 12.4. The molecule has 2 saturated heterocycles. The van der Waals surface area contributed by atoms with Crippen LogP contribution in [0.15, 0.2) is 58.3 Å². The molecule has 0 amide bonds. The quantitative estimate of drug-likeness (QED) is 0.599. The van der Waals surface area contributed by atoms with Gasteiger partial charge in [0.15, 0.2) is 0 Å². The van der Waals surface area contributed by atoms with Crippen LogP contribution in [0.5, 0.6) is 0 Å². The van der Waals surface area contributed by atoms with Crippen molar-refractivity contribution in [1.29, 1.82) is 0 Å². The summed E-state index contributed by atoms with van der Waals surface area (Å²) in [5, 5.41) is 4.29. The Kier molecular flexibility index (Phi) is 10.6. The first-order valence-electron chi connectivity index (χ1n) is 9.86. The molecule has 2 heterocycles. The molecule has 0 spiro atoms.